The second-order valence-corrected chi connectivity index (χ2v) is 5.30. The number of ether oxygens (including phenoxy) is 1. The first-order chi connectivity index (χ1) is 8.18. The molecule has 1 aliphatic heterocycles. The zero-order valence-corrected chi connectivity index (χ0v) is 10.9. The van der Waals surface area contributed by atoms with Crippen molar-refractivity contribution in [1.29, 1.82) is 0 Å². The van der Waals surface area contributed by atoms with E-state index in [1.165, 1.54) is 25.7 Å². The molecule has 2 atom stereocenters. The van der Waals surface area contributed by atoms with Crippen LogP contribution in [0.25, 0.3) is 0 Å². The van der Waals surface area contributed by atoms with Gasteiger partial charge >= 0.3 is 0 Å². The fraction of sp³-hybridized carbons (Fsp3) is 0.923. The van der Waals surface area contributed by atoms with Crippen LogP contribution in [0.3, 0.4) is 0 Å². The quantitative estimate of drug-likeness (QED) is 0.801. The standard InChI is InChI=1S/C13H24N2O2/c1-10-12(7-8-17-10)15(2)13(16)9-14-11-5-3-4-6-11/h10-12,14H,3-9H2,1-2H3. The fourth-order valence-corrected chi connectivity index (χ4v) is 2.90. The topological polar surface area (TPSA) is 41.6 Å². The first kappa shape index (κ1) is 12.8. The highest BCUT2D eigenvalue weighted by Gasteiger charge is 2.30. The predicted molar refractivity (Wildman–Crippen MR) is 66.8 cm³/mol. The summed E-state index contributed by atoms with van der Waals surface area (Å²) in [5, 5.41) is 3.37. The van der Waals surface area contributed by atoms with Gasteiger partial charge in [-0.05, 0) is 26.2 Å². The fourth-order valence-electron chi connectivity index (χ4n) is 2.90. The highest BCUT2D eigenvalue weighted by molar-refractivity contribution is 5.78. The number of carbonyl (C=O) groups excluding carboxylic acids is 1. The van der Waals surface area contributed by atoms with E-state index >= 15 is 0 Å². The van der Waals surface area contributed by atoms with Crippen molar-refractivity contribution >= 4 is 5.91 Å². The number of nitrogens with one attached hydrogen (secondary N) is 1. The summed E-state index contributed by atoms with van der Waals surface area (Å²) in [5.74, 6) is 0.194. The van der Waals surface area contributed by atoms with E-state index < -0.39 is 0 Å². The maximum atomic E-state index is 12.0. The molecule has 17 heavy (non-hydrogen) atoms. The van der Waals surface area contributed by atoms with Crippen molar-refractivity contribution in [1.82, 2.24) is 10.2 Å². The van der Waals surface area contributed by atoms with E-state index in [2.05, 4.69) is 5.32 Å². The summed E-state index contributed by atoms with van der Waals surface area (Å²) in [6, 6.07) is 0.817. The van der Waals surface area contributed by atoms with Gasteiger partial charge < -0.3 is 15.0 Å². The number of likely N-dealkylation sites (N-methyl/N-ethyl adjacent to an activating group) is 1. The molecule has 0 radical (unpaired) electrons. The minimum atomic E-state index is 0.176. The third kappa shape index (κ3) is 3.19. The predicted octanol–water partition coefficient (Wildman–Crippen LogP) is 1.15. The lowest BCUT2D eigenvalue weighted by molar-refractivity contribution is -0.132. The second-order valence-electron chi connectivity index (χ2n) is 5.30. The van der Waals surface area contributed by atoms with E-state index in [0.29, 0.717) is 12.6 Å². The SMILES string of the molecule is CC1OCCC1N(C)C(=O)CNC1CCCC1. The minimum absolute atomic E-state index is 0.176. The van der Waals surface area contributed by atoms with Gasteiger partial charge in [-0.15, -0.1) is 0 Å². The van der Waals surface area contributed by atoms with E-state index in [9.17, 15) is 4.79 Å². The van der Waals surface area contributed by atoms with Crippen molar-refractivity contribution in [3.63, 3.8) is 0 Å². The molecule has 1 aliphatic carbocycles. The van der Waals surface area contributed by atoms with Crippen LogP contribution in [0.15, 0.2) is 0 Å². The highest BCUT2D eigenvalue weighted by Crippen LogP contribution is 2.19. The van der Waals surface area contributed by atoms with Crippen molar-refractivity contribution < 1.29 is 9.53 Å². The van der Waals surface area contributed by atoms with E-state index in [-0.39, 0.29) is 18.1 Å². The lowest BCUT2D eigenvalue weighted by Crippen LogP contribution is -2.46. The van der Waals surface area contributed by atoms with Gasteiger partial charge in [-0.2, -0.15) is 0 Å². The van der Waals surface area contributed by atoms with E-state index in [0.717, 1.165) is 13.0 Å². The van der Waals surface area contributed by atoms with Gasteiger partial charge in [0, 0.05) is 19.7 Å². The first-order valence-electron chi connectivity index (χ1n) is 6.79. The van der Waals surface area contributed by atoms with Gasteiger partial charge in [0.15, 0.2) is 0 Å². The molecule has 0 spiro atoms. The van der Waals surface area contributed by atoms with Crippen molar-refractivity contribution in [3.8, 4) is 0 Å². The van der Waals surface area contributed by atoms with Crippen molar-refractivity contribution in [2.24, 2.45) is 0 Å². The Morgan fingerprint density at radius 3 is 2.65 bits per heavy atom. The van der Waals surface area contributed by atoms with Gasteiger partial charge in [-0.3, -0.25) is 4.79 Å². The Bertz CT molecular complexity index is 264. The van der Waals surface area contributed by atoms with E-state index in [1.54, 1.807) is 0 Å². The zero-order valence-electron chi connectivity index (χ0n) is 10.9. The number of nitrogens with zero attached hydrogens (tertiary/aromatic N) is 1. The van der Waals surface area contributed by atoms with Gasteiger partial charge in [0.1, 0.15) is 0 Å². The number of rotatable bonds is 4. The molecule has 2 rings (SSSR count). The molecule has 0 bridgehead atoms. The van der Waals surface area contributed by atoms with Crippen LogP contribution < -0.4 is 5.32 Å². The molecule has 4 nitrogen and oxygen atoms in total. The number of hydrogen-bond acceptors (Lipinski definition) is 3. The summed E-state index contributed by atoms with van der Waals surface area (Å²) in [7, 11) is 1.90. The van der Waals surface area contributed by atoms with Crippen molar-refractivity contribution in [2.75, 3.05) is 20.2 Å². The minimum Gasteiger partial charge on any atom is -0.376 e. The lowest BCUT2D eigenvalue weighted by atomic mass is 10.1. The Morgan fingerprint density at radius 1 is 1.35 bits per heavy atom. The molecule has 1 amide bonds. The Morgan fingerprint density at radius 2 is 2.06 bits per heavy atom. The molecule has 2 unspecified atom stereocenters. The first-order valence-corrected chi connectivity index (χ1v) is 6.79. The number of hydrogen-bond donors (Lipinski definition) is 1. The molecule has 1 N–H and O–H groups in total. The average Bonchev–Trinajstić information content (AvgIpc) is 2.95. The van der Waals surface area contributed by atoms with Crippen molar-refractivity contribution in [2.45, 2.75) is 57.2 Å². The maximum Gasteiger partial charge on any atom is 0.236 e. The molecule has 4 heteroatoms. The Hall–Kier alpha value is -0.610. The molecule has 1 saturated heterocycles. The molecule has 0 aromatic heterocycles. The largest absolute Gasteiger partial charge is 0.376 e. The molecule has 0 aromatic carbocycles. The number of amides is 1. The molecular weight excluding hydrogens is 216 g/mol. The van der Waals surface area contributed by atoms with Gasteiger partial charge in [0.2, 0.25) is 5.91 Å². The Kier molecular flexibility index (Phi) is 4.40. The van der Waals surface area contributed by atoms with Crippen LogP contribution in [-0.2, 0) is 9.53 Å². The van der Waals surface area contributed by atoms with Gasteiger partial charge in [-0.1, -0.05) is 12.8 Å². The average molecular weight is 240 g/mol. The molecule has 2 fully saturated rings. The van der Waals surface area contributed by atoms with Crippen LogP contribution in [-0.4, -0.2) is 49.2 Å². The summed E-state index contributed by atoms with van der Waals surface area (Å²) in [5.41, 5.74) is 0. The summed E-state index contributed by atoms with van der Waals surface area (Å²) in [6.07, 6.45) is 6.19. The summed E-state index contributed by atoms with van der Waals surface area (Å²) >= 11 is 0. The summed E-state index contributed by atoms with van der Waals surface area (Å²) in [6.45, 7) is 3.30. The van der Waals surface area contributed by atoms with Crippen LogP contribution in [0.4, 0.5) is 0 Å². The molecule has 0 aromatic rings. The lowest BCUT2D eigenvalue weighted by Gasteiger charge is -2.27. The molecule has 2 aliphatic rings. The van der Waals surface area contributed by atoms with Crippen LogP contribution in [0.1, 0.15) is 39.0 Å². The number of carbonyl (C=O) groups is 1. The van der Waals surface area contributed by atoms with Crippen molar-refractivity contribution in [3.05, 3.63) is 0 Å². The summed E-state index contributed by atoms with van der Waals surface area (Å²) in [4.78, 5) is 13.9. The summed E-state index contributed by atoms with van der Waals surface area (Å²) < 4.78 is 5.50. The molecule has 1 saturated carbocycles. The van der Waals surface area contributed by atoms with Crippen LogP contribution >= 0.6 is 0 Å². The molecular formula is C13H24N2O2. The van der Waals surface area contributed by atoms with E-state index in [1.807, 2.05) is 18.9 Å². The molecule has 98 valence electrons. The Labute approximate surface area is 104 Å². The van der Waals surface area contributed by atoms with Crippen LogP contribution in [0.2, 0.25) is 0 Å². The van der Waals surface area contributed by atoms with Crippen LogP contribution in [0.5, 0.6) is 0 Å². The third-order valence-corrected chi connectivity index (χ3v) is 4.12. The van der Waals surface area contributed by atoms with Gasteiger partial charge in [0.25, 0.3) is 0 Å². The third-order valence-electron chi connectivity index (χ3n) is 4.12. The second kappa shape index (κ2) is 5.83. The normalized spacial score (nSPS) is 29.8. The monoisotopic (exact) mass is 240 g/mol. The Balaban J connectivity index is 1.74. The smallest absolute Gasteiger partial charge is 0.236 e. The van der Waals surface area contributed by atoms with Gasteiger partial charge in [-0.25, -0.2) is 0 Å². The zero-order chi connectivity index (χ0) is 12.3. The molecule has 1 heterocycles. The van der Waals surface area contributed by atoms with Gasteiger partial charge in [0.05, 0.1) is 18.7 Å². The van der Waals surface area contributed by atoms with E-state index in [4.69, 9.17) is 4.74 Å². The highest BCUT2D eigenvalue weighted by atomic mass is 16.5. The van der Waals surface area contributed by atoms with Crippen LogP contribution in [0, 0.1) is 0 Å². The maximum absolute atomic E-state index is 12.0.